The van der Waals surface area contributed by atoms with Gasteiger partial charge in [0.15, 0.2) is 0 Å². The molecule has 0 amide bonds. The molecule has 0 aliphatic heterocycles. The number of hydrogen-bond donors (Lipinski definition) is 0. The van der Waals surface area contributed by atoms with Crippen LogP contribution in [0.1, 0.15) is 18.2 Å². The highest BCUT2D eigenvalue weighted by Crippen LogP contribution is 2.35. The van der Waals surface area contributed by atoms with Gasteiger partial charge in [-0.25, -0.2) is 0 Å². The summed E-state index contributed by atoms with van der Waals surface area (Å²) in [5.41, 5.74) is -0.323. The van der Waals surface area contributed by atoms with Crippen LogP contribution < -0.4 is 0 Å². The van der Waals surface area contributed by atoms with Gasteiger partial charge in [-0.15, -0.1) is 0 Å². The minimum Gasteiger partial charge on any atom is -0.343 e. The number of aromatic nitrogens is 1. The van der Waals surface area contributed by atoms with Crippen LogP contribution in [0, 0.1) is 6.92 Å². The Hall–Kier alpha value is -0.450. The summed E-state index contributed by atoms with van der Waals surface area (Å²) in [7, 11) is 0. The Kier molecular flexibility index (Phi) is 2.75. The number of aryl methyl sites for hydroxylation is 1. The third kappa shape index (κ3) is 1.90. The van der Waals surface area contributed by atoms with E-state index < -0.39 is 11.9 Å². The molecule has 1 heterocycles. The fourth-order valence-corrected chi connectivity index (χ4v) is 1.69. The number of nitrogens with zero attached hydrogens (tertiary/aromatic N) is 1. The average Bonchev–Trinajstić information content (AvgIpc) is 2.26. The molecule has 5 heteroatoms. The molecule has 0 N–H and O–H groups in total. The zero-order valence-corrected chi connectivity index (χ0v) is 8.83. The molecule has 74 valence electrons. The molecule has 1 aromatic rings. The molecular formula is C8H9BrF3N. The molecular weight excluding hydrogens is 247 g/mol. The summed E-state index contributed by atoms with van der Waals surface area (Å²) in [6.45, 7) is 3.46. The van der Waals surface area contributed by atoms with Gasteiger partial charge in [-0.05, 0) is 35.3 Å². The second-order valence-electron chi connectivity index (χ2n) is 2.73. The van der Waals surface area contributed by atoms with Crippen molar-refractivity contribution in [1.82, 2.24) is 4.57 Å². The molecule has 0 radical (unpaired) electrons. The number of halogens is 4. The first kappa shape index (κ1) is 10.6. The molecule has 0 saturated carbocycles. The minimum absolute atomic E-state index is 0.245. The number of alkyl halides is 3. The van der Waals surface area contributed by atoms with Gasteiger partial charge in [0.2, 0.25) is 0 Å². The summed E-state index contributed by atoms with van der Waals surface area (Å²) in [5.74, 6) is 0. The van der Waals surface area contributed by atoms with E-state index in [4.69, 9.17) is 0 Å². The molecule has 0 unspecified atom stereocenters. The average molecular weight is 256 g/mol. The van der Waals surface area contributed by atoms with Gasteiger partial charge in [-0.3, -0.25) is 0 Å². The van der Waals surface area contributed by atoms with E-state index in [1.54, 1.807) is 6.92 Å². The molecule has 1 aromatic heterocycles. The third-order valence-electron chi connectivity index (χ3n) is 1.88. The second-order valence-corrected chi connectivity index (χ2v) is 3.59. The molecule has 0 saturated heterocycles. The van der Waals surface area contributed by atoms with Crippen molar-refractivity contribution in [1.29, 1.82) is 0 Å². The highest BCUT2D eigenvalue weighted by Gasteiger charge is 2.36. The Morgan fingerprint density at radius 1 is 1.46 bits per heavy atom. The van der Waals surface area contributed by atoms with Gasteiger partial charge in [0.05, 0.1) is 0 Å². The molecule has 0 aliphatic rings. The lowest BCUT2D eigenvalue weighted by molar-refractivity contribution is -0.143. The van der Waals surface area contributed by atoms with Crippen LogP contribution in [0.4, 0.5) is 13.2 Å². The number of hydrogen-bond acceptors (Lipinski definition) is 0. The molecule has 1 nitrogen and oxygen atoms in total. The van der Waals surface area contributed by atoms with E-state index >= 15 is 0 Å². The van der Waals surface area contributed by atoms with Gasteiger partial charge >= 0.3 is 6.18 Å². The van der Waals surface area contributed by atoms with Crippen LogP contribution in [0.25, 0.3) is 0 Å². The first-order valence-electron chi connectivity index (χ1n) is 3.80. The van der Waals surface area contributed by atoms with Crippen molar-refractivity contribution in [3.63, 3.8) is 0 Å². The summed E-state index contributed by atoms with van der Waals surface area (Å²) in [4.78, 5) is 0. The van der Waals surface area contributed by atoms with E-state index in [0.29, 0.717) is 11.0 Å². The quantitative estimate of drug-likeness (QED) is 0.723. The van der Waals surface area contributed by atoms with E-state index in [9.17, 15) is 13.2 Å². The molecule has 0 aromatic carbocycles. The van der Waals surface area contributed by atoms with Crippen molar-refractivity contribution in [3.8, 4) is 0 Å². The van der Waals surface area contributed by atoms with Gasteiger partial charge in [0, 0.05) is 17.2 Å². The van der Waals surface area contributed by atoms with Gasteiger partial charge in [-0.1, -0.05) is 0 Å². The van der Waals surface area contributed by atoms with Gasteiger partial charge in [0.25, 0.3) is 0 Å². The Morgan fingerprint density at radius 3 is 2.31 bits per heavy atom. The summed E-state index contributed by atoms with van der Waals surface area (Å²) >= 11 is 3.08. The van der Waals surface area contributed by atoms with Crippen molar-refractivity contribution in [2.24, 2.45) is 0 Å². The zero-order valence-electron chi connectivity index (χ0n) is 7.24. The lowest BCUT2D eigenvalue weighted by atomic mass is 10.2. The number of rotatable bonds is 1. The minimum atomic E-state index is -4.27. The van der Waals surface area contributed by atoms with Crippen molar-refractivity contribution < 1.29 is 13.2 Å². The fraction of sp³-hybridized carbons (Fsp3) is 0.500. The highest BCUT2D eigenvalue weighted by atomic mass is 79.9. The molecule has 0 bridgehead atoms. The van der Waals surface area contributed by atoms with Crippen LogP contribution in [-0.2, 0) is 12.7 Å². The van der Waals surface area contributed by atoms with Gasteiger partial charge in [0.1, 0.15) is 5.69 Å². The van der Waals surface area contributed by atoms with Crippen molar-refractivity contribution in [3.05, 3.63) is 21.9 Å². The van der Waals surface area contributed by atoms with E-state index in [-0.39, 0.29) is 5.56 Å². The molecule has 0 fully saturated rings. The third-order valence-corrected chi connectivity index (χ3v) is 2.68. The summed E-state index contributed by atoms with van der Waals surface area (Å²) in [6, 6.07) is 0. The Bertz CT molecular complexity index is 314. The fourth-order valence-electron chi connectivity index (χ4n) is 1.25. The van der Waals surface area contributed by atoms with Crippen LogP contribution in [0.15, 0.2) is 10.7 Å². The van der Waals surface area contributed by atoms with Crippen molar-refractivity contribution in [2.75, 3.05) is 0 Å². The van der Waals surface area contributed by atoms with Crippen LogP contribution in [0.3, 0.4) is 0 Å². The lowest BCUT2D eigenvalue weighted by Gasteiger charge is -2.10. The summed E-state index contributed by atoms with van der Waals surface area (Å²) in [6.07, 6.45) is -2.82. The second kappa shape index (κ2) is 3.36. The van der Waals surface area contributed by atoms with E-state index in [1.165, 1.54) is 17.7 Å². The van der Waals surface area contributed by atoms with Crippen molar-refractivity contribution >= 4 is 15.9 Å². The van der Waals surface area contributed by atoms with E-state index in [1.807, 2.05) is 0 Å². The Labute approximate surface area is 82.7 Å². The van der Waals surface area contributed by atoms with E-state index in [2.05, 4.69) is 15.9 Å². The van der Waals surface area contributed by atoms with Gasteiger partial charge < -0.3 is 4.57 Å². The molecule has 0 spiro atoms. The highest BCUT2D eigenvalue weighted by molar-refractivity contribution is 9.10. The molecule has 13 heavy (non-hydrogen) atoms. The monoisotopic (exact) mass is 255 g/mol. The largest absolute Gasteiger partial charge is 0.431 e. The lowest BCUT2D eigenvalue weighted by Crippen LogP contribution is -2.13. The van der Waals surface area contributed by atoms with Crippen LogP contribution in [0.5, 0.6) is 0 Å². The maximum atomic E-state index is 12.5. The van der Waals surface area contributed by atoms with Crippen LogP contribution >= 0.6 is 15.9 Å². The SMILES string of the molecule is CCn1cc(Br)c(C)c1C(F)(F)F. The standard InChI is InChI=1S/C8H9BrF3N/c1-3-13-4-6(9)5(2)7(13)8(10,11)12/h4H,3H2,1-2H3. The van der Waals surface area contributed by atoms with Crippen LogP contribution in [0.2, 0.25) is 0 Å². The topological polar surface area (TPSA) is 4.93 Å². The maximum Gasteiger partial charge on any atom is 0.431 e. The first-order chi connectivity index (χ1) is 5.88. The predicted octanol–water partition coefficient (Wildman–Crippen LogP) is 3.60. The van der Waals surface area contributed by atoms with E-state index in [0.717, 1.165) is 0 Å². The normalized spacial score (nSPS) is 12.2. The molecule has 0 atom stereocenters. The summed E-state index contributed by atoms with van der Waals surface area (Å²) < 4.78 is 39.1. The molecule has 1 rings (SSSR count). The smallest absolute Gasteiger partial charge is 0.343 e. The van der Waals surface area contributed by atoms with Crippen LogP contribution in [-0.4, -0.2) is 4.57 Å². The summed E-state index contributed by atoms with van der Waals surface area (Å²) in [5, 5.41) is 0. The molecule has 0 aliphatic carbocycles. The van der Waals surface area contributed by atoms with Gasteiger partial charge in [-0.2, -0.15) is 13.2 Å². The maximum absolute atomic E-state index is 12.5. The van der Waals surface area contributed by atoms with Crippen molar-refractivity contribution in [2.45, 2.75) is 26.6 Å². The Morgan fingerprint density at radius 2 is 2.00 bits per heavy atom. The first-order valence-corrected chi connectivity index (χ1v) is 4.59. The Balaban J connectivity index is 3.33. The zero-order chi connectivity index (χ0) is 10.2. The predicted molar refractivity (Wildman–Crippen MR) is 47.5 cm³/mol.